The van der Waals surface area contributed by atoms with Gasteiger partial charge in [-0.2, -0.15) is 0 Å². The van der Waals surface area contributed by atoms with E-state index in [0.29, 0.717) is 28.9 Å². The van der Waals surface area contributed by atoms with Crippen LogP contribution in [0.15, 0.2) is 35.4 Å². The molecule has 0 bridgehead atoms. The molecule has 1 saturated heterocycles. The Morgan fingerprint density at radius 3 is 2.86 bits per heavy atom. The number of hydrogen-bond acceptors (Lipinski definition) is 5. The number of amides is 2. The minimum Gasteiger partial charge on any atom is -0.385 e. The number of rotatable bonds is 8. The summed E-state index contributed by atoms with van der Waals surface area (Å²) in [5.41, 5.74) is 1.85. The lowest BCUT2D eigenvalue weighted by Gasteiger charge is -2.09. The van der Waals surface area contributed by atoms with Gasteiger partial charge < -0.3 is 14.6 Å². The molecule has 0 atom stereocenters. The zero-order valence-corrected chi connectivity index (χ0v) is 17.6. The highest BCUT2D eigenvalue weighted by molar-refractivity contribution is 8.26. The zero-order valence-electron chi connectivity index (χ0n) is 15.9. The van der Waals surface area contributed by atoms with Crippen LogP contribution in [-0.2, 0) is 20.9 Å². The third kappa shape index (κ3) is 4.45. The minimum absolute atomic E-state index is 0.0549. The maximum atomic E-state index is 12.5. The molecule has 3 rings (SSSR count). The van der Waals surface area contributed by atoms with Crippen molar-refractivity contribution in [2.24, 2.45) is 0 Å². The summed E-state index contributed by atoms with van der Waals surface area (Å²) in [5.74, 6) is -0.120. The summed E-state index contributed by atoms with van der Waals surface area (Å²) in [6, 6.07) is 7.86. The number of nitrogens with zero attached hydrogens (tertiary/aromatic N) is 2. The van der Waals surface area contributed by atoms with E-state index in [-0.39, 0.29) is 18.4 Å². The number of benzene rings is 1. The molecule has 28 heavy (non-hydrogen) atoms. The second kappa shape index (κ2) is 9.36. The Balaban J connectivity index is 1.83. The van der Waals surface area contributed by atoms with Crippen LogP contribution in [0.5, 0.6) is 0 Å². The first kappa shape index (κ1) is 20.6. The van der Waals surface area contributed by atoms with Crippen LogP contribution in [0.25, 0.3) is 17.0 Å². The van der Waals surface area contributed by atoms with Crippen LogP contribution in [0.3, 0.4) is 0 Å². The van der Waals surface area contributed by atoms with Gasteiger partial charge in [0.2, 0.25) is 5.91 Å². The van der Waals surface area contributed by atoms with Gasteiger partial charge in [-0.05, 0) is 25.5 Å². The molecule has 6 nitrogen and oxygen atoms in total. The van der Waals surface area contributed by atoms with E-state index in [1.165, 1.54) is 11.8 Å². The van der Waals surface area contributed by atoms with Crippen molar-refractivity contribution in [3.63, 3.8) is 0 Å². The Kier molecular flexibility index (Phi) is 6.88. The number of thioether (sulfide) groups is 1. The molecule has 1 fully saturated rings. The number of para-hydroxylation sites is 1. The molecule has 0 spiro atoms. The molecule has 2 heterocycles. The van der Waals surface area contributed by atoms with Crippen LogP contribution in [0.2, 0.25) is 0 Å². The highest BCUT2D eigenvalue weighted by Crippen LogP contribution is 2.34. The smallest absolute Gasteiger partial charge is 0.266 e. The molecular weight excluding hydrogens is 394 g/mol. The molecule has 8 heteroatoms. The third-order valence-corrected chi connectivity index (χ3v) is 5.83. The number of ether oxygens (including phenoxy) is 1. The summed E-state index contributed by atoms with van der Waals surface area (Å²) >= 11 is 6.60. The first-order valence-corrected chi connectivity index (χ1v) is 10.4. The zero-order chi connectivity index (χ0) is 20.1. The van der Waals surface area contributed by atoms with Gasteiger partial charge in [-0.3, -0.25) is 14.5 Å². The van der Waals surface area contributed by atoms with Crippen molar-refractivity contribution in [1.29, 1.82) is 0 Å². The van der Waals surface area contributed by atoms with Crippen LogP contribution >= 0.6 is 24.0 Å². The van der Waals surface area contributed by atoms with E-state index < -0.39 is 0 Å². The van der Waals surface area contributed by atoms with Crippen molar-refractivity contribution in [3.05, 3.63) is 40.9 Å². The van der Waals surface area contributed by atoms with Gasteiger partial charge in [0, 0.05) is 49.5 Å². The van der Waals surface area contributed by atoms with Crippen LogP contribution in [-0.4, -0.2) is 52.4 Å². The number of fused-ring (bicyclic) bond motifs is 1. The van der Waals surface area contributed by atoms with E-state index in [1.807, 2.05) is 48.0 Å². The molecule has 1 aromatic carbocycles. The average Bonchev–Trinajstić information content (AvgIpc) is 3.16. The second-order valence-corrected chi connectivity index (χ2v) is 8.03. The molecule has 1 aliphatic rings. The maximum Gasteiger partial charge on any atom is 0.266 e. The standard InChI is InChI=1S/C20H23N3O3S2/c1-3-23-19(25)17(28-20(23)27)11-14-12-22(16-8-5-4-7-15(14)16)13-18(24)21-9-6-10-26-2/h4-5,7-8,11-12H,3,6,9-10,13H2,1-2H3,(H,21,24)/b17-11-. The van der Waals surface area contributed by atoms with Crippen molar-refractivity contribution in [3.8, 4) is 0 Å². The van der Waals surface area contributed by atoms with Crippen LogP contribution in [0, 0.1) is 0 Å². The van der Waals surface area contributed by atoms with E-state index in [2.05, 4.69) is 5.32 Å². The predicted octanol–water partition coefficient (Wildman–Crippen LogP) is 3.02. The summed E-state index contributed by atoms with van der Waals surface area (Å²) < 4.78 is 7.48. The van der Waals surface area contributed by atoms with Gasteiger partial charge >= 0.3 is 0 Å². The molecule has 0 radical (unpaired) electrons. The summed E-state index contributed by atoms with van der Waals surface area (Å²) in [6.07, 6.45) is 4.56. The molecule has 0 unspecified atom stereocenters. The number of nitrogens with one attached hydrogen (secondary N) is 1. The van der Waals surface area contributed by atoms with Gasteiger partial charge in [-0.15, -0.1) is 0 Å². The quantitative estimate of drug-likeness (QED) is 0.406. The van der Waals surface area contributed by atoms with Gasteiger partial charge in [-0.1, -0.05) is 42.2 Å². The first-order valence-electron chi connectivity index (χ1n) is 9.14. The Bertz CT molecular complexity index is 936. The van der Waals surface area contributed by atoms with Gasteiger partial charge in [-0.25, -0.2) is 0 Å². The monoisotopic (exact) mass is 417 g/mol. The predicted molar refractivity (Wildman–Crippen MR) is 117 cm³/mol. The highest BCUT2D eigenvalue weighted by atomic mass is 32.2. The molecule has 0 saturated carbocycles. The highest BCUT2D eigenvalue weighted by Gasteiger charge is 2.30. The van der Waals surface area contributed by atoms with Gasteiger partial charge in [0.1, 0.15) is 10.9 Å². The minimum atomic E-state index is -0.0646. The summed E-state index contributed by atoms with van der Waals surface area (Å²) in [5, 5.41) is 3.90. The van der Waals surface area contributed by atoms with E-state index in [0.717, 1.165) is 22.9 Å². The number of thiocarbonyl (C=S) groups is 1. The number of aromatic nitrogens is 1. The molecule has 2 amide bonds. The Morgan fingerprint density at radius 1 is 1.36 bits per heavy atom. The first-order chi connectivity index (χ1) is 13.5. The molecule has 0 aliphatic carbocycles. The Morgan fingerprint density at radius 2 is 2.14 bits per heavy atom. The fraction of sp³-hybridized carbons (Fsp3) is 0.350. The van der Waals surface area contributed by atoms with E-state index in [9.17, 15) is 9.59 Å². The molecular formula is C20H23N3O3S2. The largest absolute Gasteiger partial charge is 0.385 e. The maximum absolute atomic E-state index is 12.5. The lowest BCUT2D eigenvalue weighted by Crippen LogP contribution is -2.28. The number of methoxy groups -OCH3 is 1. The third-order valence-electron chi connectivity index (χ3n) is 4.46. The summed E-state index contributed by atoms with van der Waals surface area (Å²) in [6.45, 7) is 3.89. The van der Waals surface area contributed by atoms with Crippen LogP contribution in [0.1, 0.15) is 18.9 Å². The van der Waals surface area contributed by atoms with Gasteiger partial charge in [0.05, 0.1) is 4.91 Å². The lowest BCUT2D eigenvalue weighted by atomic mass is 10.1. The van der Waals surface area contributed by atoms with Crippen molar-refractivity contribution in [2.75, 3.05) is 26.8 Å². The Hall–Kier alpha value is -2.16. The number of likely N-dealkylation sites (N-methyl/N-ethyl adjacent to an activating group) is 1. The number of carbonyl (C=O) groups excluding carboxylic acids is 2. The normalized spacial score (nSPS) is 15.8. The van der Waals surface area contributed by atoms with Gasteiger partial charge in [0.15, 0.2) is 0 Å². The molecule has 2 aromatic rings. The van der Waals surface area contributed by atoms with Gasteiger partial charge in [0.25, 0.3) is 5.91 Å². The number of hydrogen-bond donors (Lipinski definition) is 1. The topological polar surface area (TPSA) is 63.6 Å². The SMILES string of the molecule is CCN1C(=O)/C(=C/c2cn(CC(=O)NCCCOC)c3ccccc23)SC1=S. The van der Waals surface area contributed by atoms with Crippen LogP contribution < -0.4 is 5.32 Å². The lowest BCUT2D eigenvalue weighted by molar-refractivity contribution is -0.122. The molecule has 1 aromatic heterocycles. The summed E-state index contributed by atoms with van der Waals surface area (Å²) in [7, 11) is 1.64. The molecule has 148 valence electrons. The fourth-order valence-corrected chi connectivity index (χ4v) is 4.46. The average molecular weight is 418 g/mol. The van der Waals surface area contributed by atoms with E-state index in [1.54, 1.807) is 12.0 Å². The van der Waals surface area contributed by atoms with Crippen molar-refractivity contribution >= 4 is 57.1 Å². The van der Waals surface area contributed by atoms with E-state index in [4.69, 9.17) is 17.0 Å². The Labute approximate surface area is 173 Å². The molecule has 1 aliphatic heterocycles. The molecule has 1 N–H and O–H groups in total. The van der Waals surface area contributed by atoms with Crippen molar-refractivity contribution < 1.29 is 14.3 Å². The number of carbonyl (C=O) groups is 2. The second-order valence-electron chi connectivity index (χ2n) is 6.35. The fourth-order valence-electron chi connectivity index (χ4n) is 3.09. The van der Waals surface area contributed by atoms with Crippen LogP contribution in [0.4, 0.5) is 0 Å². The summed E-state index contributed by atoms with van der Waals surface area (Å²) in [4.78, 5) is 27.0. The van der Waals surface area contributed by atoms with E-state index >= 15 is 0 Å². The van der Waals surface area contributed by atoms with Crippen molar-refractivity contribution in [2.45, 2.75) is 19.9 Å². The van der Waals surface area contributed by atoms with Crippen molar-refractivity contribution in [1.82, 2.24) is 14.8 Å².